The molecule has 19 heavy (non-hydrogen) atoms. The highest BCUT2D eigenvalue weighted by Crippen LogP contribution is 2.12. The Kier molecular flexibility index (Phi) is 4.86. The number of hydrogen-bond donors (Lipinski definition) is 3. The van der Waals surface area contributed by atoms with E-state index in [1.807, 2.05) is 6.92 Å². The minimum absolute atomic E-state index is 0.194. The zero-order chi connectivity index (χ0) is 14.6. The molecular weight excluding hydrogens is 246 g/mol. The first kappa shape index (κ1) is 14.9. The van der Waals surface area contributed by atoms with Gasteiger partial charge >= 0.3 is 12.0 Å². The average molecular weight is 265 g/mol. The number of rotatable bonds is 4. The molecule has 1 rings (SSSR count). The van der Waals surface area contributed by atoms with Crippen LogP contribution in [0.3, 0.4) is 0 Å². The molecule has 0 bridgehead atoms. The molecule has 104 valence electrons. The molecule has 0 fully saturated rings. The van der Waals surface area contributed by atoms with Gasteiger partial charge in [0.05, 0.1) is 11.4 Å². The van der Waals surface area contributed by atoms with Crippen molar-refractivity contribution in [3.8, 4) is 0 Å². The van der Waals surface area contributed by atoms with Gasteiger partial charge in [-0.25, -0.2) is 9.59 Å². The van der Waals surface area contributed by atoms with Crippen LogP contribution in [0.25, 0.3) is 0 Å². The van der Waals surface area contributed by atoms with E-state index in [1.54, 1.807) is 32.9 Å². The fourth-order valence-electron chi connectivity index (χ4n) is 1.63. The maximum absolute atomic E-state index is 11.8. The van der Waals surface area contributed by atoms with Gasteiger partial charge in [-0.3, -0.25) is 4.98 Å². The molecule has 0 aromatic carbocycles. The van der Waals surface area contributed by atoms with Gasteiger partial charge in [-0.15, -0.1) is 0 Å². The minimum atomic E-state index is -1.05. The van der Waals surface area contributed by atoms with E-state index in [0.29, 0.717) is 11.4 Å². The summed E-state index contributed by atoms with van der Waals surface area (Å²) in [6.45, 7) is 7.10. The number of pyridine rings is 1. The highest BCUT2D eigenvalue weighted by atomic mass is 16.4. The fraction of sp³-hybridized carbons (Fsp3) is 0.462. The summed E-state index contributed by atoms with van der Waals surface area (Å²) >= 11 is 0. The summed E-state index contributed by atoms with van der Waals surface area (Å²) in [6, 6.07) is 2.05. The predicted molar refractivity (Wildman–Crippen MR) is 72.1 cm³/mol. The molecule has 0 aliphatic carbocycles. The van der Waals surface area contributed by atoms with Gasteiger partial charge in [0.2, 0.25) is 0 Å². The average Bonchev–Trinajstić information content (AvgIpc) is 2.29. The van der Waals surface area contributed by atoms with Crippen LogP contribution in [-0.4, -0.2) is 28.1 Å². The maximum Gasteiger partial charge on any atom is 0.326 e. The van der Waals surface area contributed by atoms with Gasteiger partial charge in [0.25, 0.3) is 0 Å². The highest BCUT2D eigenvalue weighted by Gasteiger charge is 2.23. The molecular formula is C13H19N3O3. The number of carboxylic acid groups (broad SMARTS) is 1. The minimum Gasteiger partial charge on any atom is -0.480 e. The fourth-order valence-corrected chi connectivity index (χ4v) is 1.63. The van der Waals surface area contributed by atoms with Crippen LogP contribution in [0.15, 0.2) is 12.1 Å². The Hall–Kier alpha value is -2.11. The summed E-state index contributed by atoms with van der Waals surface area (Å²) in [4.78, 5) is 27.0. The smallest absolute Gasteiger partial charge is 0.326 e. The largest absolute Gasteiger partial charge is 0.480 e. The number of urea groups is 1. The first-order valence-electron chi connectivity index (χ1n) is 6.06. The molecule has 0 aliphatic rings. The number of anilines is 1. The topological polar surface area (TPSA) is 91.3 Å². The zero-order valence-corrected chi connectivity index (χ0v) is 11.5. The number of nitrogens with zero attached hydrogens (tertiary/aromatic N) is 1. The number of aryl methyl sites for hydroxylation is 2. The summed E-state index contributed by atoms with van der Waals surface area (Å²) in [6.07, 6.45) is 0. The highest BCUT2D eigenvalue weighted by molar-refractivity contribution is 5.92. The number of hydrogen-bond acceptors (Lipinski definition) is 3. The van der Waals surface area contributed by atoms with Crippen molar-refractivity contribution in [3.05, 3.63) is 23.5 Å². The lowest BCUT2D eigenvalue weighted by atomic mass is 10.1. The number of carbonyl (C=O) groups excluding carboxylic acids is 1. The number of carbonyl (C=O) groups is 2. The van der Waals surface area contributed by atoms with Crippen LogP contribution < -0.4 is 10.6 Å². The molecule has 3 N–H and O–H groups in total. The first-order valence-corrected chi connectivity index (χ1v) is 6.06. The lowest BCUT2D eigenvalue weighted by Crippen LogP contribution is -2.46. The quantitative estimate of drug-likeness (QED) is 0.775. The Balaban J connectivity index is 2.72. The SMILES string of the molecule is Cc1ccc(NC(=O)N[C@H](C(=O)O)C(C)C)c(C)n1. The van der Waals surface area contributed by atoms with Crippen LogP contribution in [0.5, 0.6) is 0 Å². The van der Waals surface area contributed by atoms with Gasteiger partial charge < -0.3 is 15.7 Å². The Morgan fingerprint density at radius 3 is 2.37 bits per heavy atom. The zero-order valence-electron chi connectivity index (χ0n) is 11.5. The summed E-state index contributed by atoms with van der Waals surface area (Å²) in [5.74, 6) is -1.25. The van der Waals surface area contributed by atoms with Crippen molar-refractivity contribution in [2.75, 3.05) is 5.32 Å². The standard InChI is InChI=1S/C13H19N3O3/c1-7(2)11(12(17)18)16-13(19)15-10-6-5-8(3)14-9(10)4/h5-7,11H,1-4H3,(H,17,18)(H2,15,16,19)/t11-/m0/s1. The second kappa shape index (κ2) is 6.17. The van der Waals surface area contributed by atoms with Crippen LogP contribution in [-0.2, 0) is 4.79 Å². The predicted octanol–water partition coefficient (Wildman–Crippen LogP) is 1.93. The van der Waals surface area contributed by atoms with Crippen LogP contribution in [0.1, 0.15) is 25.2 Å². The van der Waals surface area contributed by atoms with Gasteiger partial charge in [0, 0.05) is 5.69 Å². The molecule has 1 aromatic heterocycles. The molecule has 0 radical (unpaired) electrons. The summed E-state index contributed by atoms with van der Waals surface area (Å²) in [7, 11) is 0. The van der Waals surface area contributed by atoms with Crippen LogP contribution in [0, 0.1) is 19.8 Å². The third-order valence-corrected chi connectivity index (χ3v) is 2.69. The lowest BCUT2D eigenvalue weighted by molar-refractivity contribution is -0.140. The van der Waals surface area contributed by atoms with Crippen LogP contribution in [0.4, 0.5) is 10.5 Å². The van der Waals surface area contributed by atoms with Crippen LogP contribution in [0.2, 0.25) is 0 Å². The monoisotopic (exact) mass is 265 g/mol. The lowest BCUT2D eigenvalue weighted by Gasteiger charge is -2.18. The third kappa shape index (κ3) is 4.24. The van der Waals surface area contributed by atoms with E-state index in [4.69, 9.17) is 5.11 Å². The summed E-state index contributed by atoms with van der Waals surface area (Å²) in [5.41, 5.74) is 2.11. The number of nitrogens with one attached hydrogen (secondary N) is 2. The summed E-state index contributed by atoms with van der Waals surface area (Å²) in [5, 5.41) is 14.0. The number of aliphatic carboxylic acids is 1. The molecule has 6 heteroatoms. The van der Waals surface area contributed by atoms with Crippen molar-refractivity contribution in [2.45, 2.75) is 33.7 Å². The van der Waals surface area contributed by atoms with Gasteiger partial charge in [-0.05, 0) is 31.9 Å². The van der Waals surface area contributed by atoms with E-state index in [-0.39, 0.29) is 5.92 Å². The molecule has 0 saturated carbocycles. The third-order valence-electron chi connectivity index (χ3n) is 2.69. The molecule has 0 saturated heterocycles. The molecule has 1 aromatic rings. The molecule has 0 spiro atoms. The number of aromatic nitrogens is 1. The van der Waals surface area contributed by atoms with Crippen molar-refractivity contribution >= 4 is 17.7 Å². The van der Waals surface area contributed by atoms with Crippen molar-refractivity contribution in [1.29, 1.82) is 0 Å². The molecule has 1 heterocycles. The van der Waals surface area contributed by atoms with Crippen molar-refractivity contribution in [3.63, 3.8) is 0 Å². The molecule has 1 atom stereocenters. The summed E-state index contributed by atoms with van der Waals surface area (Å²) < 4.78 is 0. The number of amides is 2. The Labute approximate surface area is 112 Å². The van der Waals surface area contributed by atoms with Gasteiger partial charge in [-0.2, -0.15) is 0 Å². The van der Waals surface area contributed by atoms with Gasteiger partial charge in [-0.1, -0.05) is 13.8 Å². The Morgan fingerprint density at radius 1 is 1.26 bits per heavy atom. The van der Waals surface area contributed by atoms with Gasteiger partial charge in [0.1, 0.15) is 6.04 Å². The normalized spacial score (nSPS) is 12.1. The van der Waals surface area contributed by atoms with Crippen molar-refractivity contribution in [2.24, 2.45) is 5.92 Å². The maximum atomic E-state index is 11.8. The second-order valence-electron chi connectivity index (χ2n) is 4.74. The molecule has 0 unspecified atom stereocenters. The molecule has 0 aliphatic heterocycles. The van der Waals surface area contributed by atoms with Gasteiger partial charge in [0.15, 0.2) is 0 Å². The van der Waals surface area contributed by atoms with Crippen molar-refractivity contribution in [1.82, 2.24) is 10.3 Å². The van der Waals surface area contributed by atoms with Crippen molar-refractivity contribution < 1.29 is 14.7 Å². The molecule has 2 amide bonds. The van der Waals surface area contributed by atoms with E-state index in [1.165, 1.54) is 0 Å². The second-order valence-corrected chi connectivity index (χ2v) is 4.74. The first-order chi connectivity index (χ1) is 8.81. The van der Waals surface area contributed by atoms with E-state index in [0.717, 1.165) is 5.69 Å². The Morgan fingerprint density at radius 2 is 1.89 bits per heavy atom. The Bertz CT molecular complexity index is 486. The van der Waals surface area contributed by atoms with Crippen LogP contribution >= 0.6 is 0 Å². The van der Waals surface area contributed by atoms with E-state index in [9.17, 15) is 9.59 Å². The molecule has 6 nitrogen and oxygen atoms in total. The number of carboxylic acids is 1. The van der Waals surface area contributed by atoms with E-state index in [2.05, 4.69) is 15.6 Å². The van der Waals surface area contributed by atoms with E-state index < -0.39 is 18.0 Å². The van der Waals surface area contributed by atoms with E-state index >= 15 is 0 Å².